The van der Waals surface area contributed by atoms with Crippen LogP contribution in [0.25, 0.3) is 0 Å². The van der Waals surface area contributed by atoms with E-state index >= 15 is 0 Å². The summed E-state index contributed by atoms with van der Waals surface area (Å²) in [5.74, 6) is 0.0151. The minimum Gasteiger partial charge on any atom is -0.493 e. The summed E-state index contributed by atoms with van der Waals surface area (Å²) in [7, 11) is 0. The molecule has 0 fully saturated rings. The number of carbonyl (C=O) groups excluding carboxylic acids is 1. The molecule has 0 saturated carbocycles. The lowest BCUT2D eigenvalue weighted by Gasteiger charge is -2.25. The molecule has 0 spiro atoms. The first-order chi connectivity index (χ1) is 10.2. The Balaban J connectivity index is 1.87. The van der Waals surface area contributed by atoms with E-state index in [1.165, 1.54) is 12.1 Å². The molecule has 1 heterocycles. The van der Waals surface area contributed by atoms with Gasteiger partial charge in [0.1, 0.15) is 17.3 Å². The van der Waals surface area contributed by atoms with E-state index in [1.54, 1.807) is 6.07 Å². The van der Waals surface area contributed by atoms with E-state index in [0.29, 0.717) is 18.1 Å². The van der Waals surface area contributed by atoms with Crippen molar-refractivity contribution >= 4 is 17.4 Å². The van der Waals surface area contributed by atoms with E-state index in [0.717, 1.165) is 11.3 Å². The van der Waals surface area contributed by atoms with Gasteiger partial charge in [0.05, 0.1) is 6.61 Å². The molecular formula is C17H14ClFO2. The third-order valence-corrected chi connectivity index (χ3v) is 4.11. The van der Waals surface area contributed by atoms with E-state index in [4.69, 9.17) is 16.3 Å². The number of Topliss-reactive ketones (excluding diaryl/α,β-unsaturated/α-hetero) is 1. The average molecular weight is 305 g/mol. The number of hydrogen-bond donors (Lipinski definition) is 0. The minimum absolute atomic E-state index is 0.00447. The van der Waals surface area contributed by atoms with Gasteiger partial charge in [-0.3, -0.25) is 4.79 Å². The minimum atomic E-state index is -0.434. The number of ether oxygens (including phenoxy) is 1. The Morgan fingerprint density at radius 3 is 2.86 bits per heavy atom. The Kier molecular flexibility index (Phi) is 3.93. The van der Waals surface area contributed by atoms with Crippen molar-refractivity contribution in [2.24, 2.45) is 0 Å². The van der Waals surface area contributed by atoms with Crippen molar-refractivity contribution in [1.82, 2.24) is 0 Å². The Morgan fingerprint density at radius 2 is 2.05 bits per heavy atom. The number of fused-ring (bicyclic) bond motifs is 1. The van der Waals surface area contributed by atoms with Crippen LogP contribution in [0.15, 0.2) is 42.5 Å². The number of carbonyl (C=O) groups is 1. The molecule has 0 aliphatic carbocycles. The zero-order valence-electron chi connectivity index (χ0n) is 11.3. The Hall–Kier alpha value is -1.87. The normalized spacial score (nSPS) is 17.0. The topological polar surface area (TPSA) is 26.3 Å². The smallest absolute Gasteiger partial charge is 0.145 e. The summed E-state index contributed by atoms with van der Waals surface area (Å²) in [4.78, 5) is 12.6. The Labute approximate surface area is 127 Å². The second kappa shape index (κ2) is 5.86. The first kappa shape index (κ1) is 14.1. The molecule has 2 aromatic carbocycles. The Morgan fingerprint density at radius 1 is 1.24 bits per heavy atom. The maximum absolute atomic E-state index is 13.8. The monoisotopic (exact) mass is 304 g/mol. The third-order valence-electron chi connectivity index (χ3n) is 3.76. The lowest BCUT2D eigenvalue weighted by atomic mass is 9.86. The summed E-state index contributed by atoms with van der Waals surface area (Å²) >= 11 is 6.00. The van der Waals surface area contributed by atoms with Crippen LogP contribution in [0.1, 0.15) is 23.5 Å². The van der Waals surface area contributed by atoms with Crippen molar-refractivity contribution < 1.29 is 13.9 Å². The lowest BCUT2D eigenvalue weighted by molar-refractivity contribution is -0.120. The van der Waals surface area contributed by atoms with Crippen LogP contribution in [0.2, 0.25) is 5.02 Å². The van der Waals surface area contributed by atoms with Crippen molar-refractivity contribution in [3.63, 3.8) is 0 Å². The molecule has 0 N–H and O–H groups in total. The molecule has 4 heteroatoms. The van der Waals surface area contributed by atoms with Gasteiger partial charge in [0, 0.05) is 28.5 Å². The lowest BCUT2D eigenvalue weighted by Crippen LogP contribution is -2.23. The molecule has 3 rings (SSSR count). The summed E-state index contributed by atoms with van der Waals surface area (Å²) in [5.41, 5.74) is 1.15. The van der Waals surface area contributed by atoms with Crippen molar-refractivity contribution in [2.45, 2.75) is 18.8 Å². The molecule has 1 aliphatic rings. The van der Waals surface area contributed by atoms with Crippen molar-refractivity contribution in [2.75, 3.05) is 6.61 Å². The number of rotatable bonds is 3. The van der Waals surface area contributed by atoms with E-state index in [1.807, 2.05) is 24.3 Å². The van der Waals surface area contributed by atoms with Gasteiger partial charge in [-0.1, -0.05) is 35.9 Å². The summed E-state index contributed by atoms with van der Waals surface area (Å²) in [6.45, 7) is 0.498. The number of hydrogen-bond acceptors (Lipinski definition) is 2. The molecule has 0 amide bonds. The zero-order chi connectivity index (χ0) is 14.8. The van der Waals surface area contributed by atoms with Gasteiger partial charge in [0.2, 0.25) is 0 Å². The van der Waals surface area contributed by atoms with Crippen LogP contribution in [-0.2, 0) is 11.2 Å². The van der Waals surface area contributed by atoms with Crippen molar-refractivity contribution in [3.05, 3.63) is 64.4 Å². The SMILES string of the molecule is O=C(Cc1c(F)cccc1Cl)C1CCOc2ccccc21. The first-order valence-electron chi connectivity index (χ1n) is 6.84. The second-order valence-corrected chi connectivity index (χ2v) is 5.48. The quantitative estimate of drug-likeness (QED) is 0.851. The van der Waals surface area contributed by atoms with E-state index in [-0.39, 0.29) is 23.7 Å². The van der Waals surface area contributed by atoms with Crippen LogP contribution in [-0.4, -0.2) is 12.4 Å². The number of benzene rings is 2. The molecule has 0 aromatic heterocycles. The van der Waals surface area contributed by atoms with Gasteiger partial charge in [-0.05, 0) is 24.6 Å². The fourth-order valence-corrected chi connectivity index (χ4v) is 2.90. The highest BCUT2D eigenvalue weighted by Gasteiger charge is 2.28. The predicted molar refractivity (Wildman–Crippen MR) is 79.4 cm³/mol. The largest absolute Gasteiger partial charge is 0.493 e. The highest BCUT2D eigenvalue weighted by atomic mass is 35.5. The van der Waals surface area contributed by atoms with Crippen LogP contribution in [0.3, 0.4) is 0 Å². The zero-order valence-corrected chi connectivity index (χ0v) is 12.1. The molecule has 0 saturated heterocycles. The average Bonchev–Trinajstić information content (AvgIpc) is 2.50. The number of halogens is 2. The molecule has 0 radical (unpaired) electrons. The van der Waals surface area contributed by atoms with Crippen LogP contribution in [0.4, 0.5) is 4.39 Å². The molecule has 21 heavy (non-hydrogen) atoms. The van der Waals surface area contributed by atoms with Crippen LogP contribution in [0.5, 0.6) is 5.75 Å². The van der Waals surface area contributed by atoms with Crippen LogP contribution in [0, 0.1) is 5.82 Å². The van der Waals surface area contributed by atoms with Gasteiger partial charge in [-0.25, -0.2) is 4.39 Å². The summed E-state index contributed by atoms with van der Waals surface area (Å²) in [6.07, 6.45) is 0.617. The Bertz CT molecular complexity index is 664. The van der Waals surface area contributed by atoms with Crippen LogP contribution >= 0.6 is 11.6 Å². The van der Waals surface area contributed by atoms with E-state index < -0.39 is 5.82 Å². The maximum Gasteiger partial charge on any atom is 0.145 e. The van der Waals surface area contributed by atoms with Crippen LogP contribution < -0.4 is 4.74 Å². The van der Waals surface area contributed by atoms with Gasteiger partial charge >= 0.3 is 0 Å². The van der Waals surface area contributed by atoms with E-state index in [9.17, 15) is 9.18 Å². The van der Waals surface area contributed by atoms with Gasteiger partial charge in [0.15, 0.2) is 0 Å². The number of ketones is 1. The third kappa shape index (κ3) is 2.79. The molecule has 1 aliphatic heterocycles. The maximum atomic E-state index is 13.8. The summed E-state index contributed by atoms with van der Waals surface area (Å²) in [5, 5.41) is 0.295. The van der Waals surface area contributed by atoms with Gasteiger partial charge in [-0.2, -0.15) is 0 Å². The molecule has 2 aromatic rings. The molecule has 0 bridgehead atoms. The molecule has 108 valence electrons. The summed E-state index contributed by atoms with van der Waals surface area (Å²) in [6, 6.07) is 12.0. The summed E-state index contributed by atoms with van der Waals surface area (Å²) < 4.78 is 19.4. The van der Waals surface area contributed by atoms with Crippen molar-refractivity contribution in [1.29, 1.82) is 0 Å². The highest BCUT2D eigenvalue weighted by Crippen LogP contribution is 2.35. The number of para-hydroxylation sites is 1. The fraction of sp³-hybridized carbons (Fsp3) is 0.235. The first-order valence-corrected chi connectivity index (χ1v) is 7.22. The second-order valence-electron chi connectivity index (χ2n) is 5.07. The molecule has 1 unspecified atom stereocenters. The van der Waals surface area contributed by atoms with Gasteiger partial charge in [0.25, 0.3) is 0 Å². The van der Waals surface area contributed by atoms with Crippen molar-refractivity contribution in [3.8, 4) is 5.75 Å². The fourth-order valence-electron chi connectivity index (χ4n) is 2.68. The van der Waals surface area contributed by atoms with E-state index in [2.05, 4.69) is 0 Å². The molecule has 2 nitrogen and oxygen atoms in total. The van der Waals surface area contributed by atoms with Gasteiger partial charge in [-0.15, -0.1) is 0 Å². The highest BCUT2D eigenvalue weighted by molar-refractivity contribution is 6.31. The molecular weight excluding hydrogens is 291 g/mol. The molecule has 1 atom stereocenters. The van der Waals surface area contributed by atoms with Gasteiger partial charge < -0.3 is 4.74 Å². The predicted octanol–water partition coefficient (Wildman–Crippen LogP) is 4.16. The standard InChI is InChI=1S/C17H14ClFO2/c18-14-5-3-6-15(19)13(14)10-16(20)11-8-9-21-17-7-2-1-4-12(11)17/h1-7,11H,8-10H2.